The molecule has 0 aromatic carbocycles. The van der Waals surface area contributed by atoms with E-state index in [0.717, 1.165) is 37.5 Å². The highest BCUT2D eigenvalue weighted by atomic mass is 32.2. The van der Waals surface area contributed by atoms with Crippen LogP contribution in [0.5, 0.6) is 0 Å². The van der Waals surface area contributed by atoms with Crippen LogP contribution in [0.1, 0.15) is 26.2 Å². The van der Waals surface area contributed by atoms with Gasteiger partial charge in [0.2, 0.25) is 0 Å². The molecule has 1 aromatic heterocycles. The number of anilines is 2. The van der Waals surface area contributed by atoms with Crippen LogP contribution in [0.25, 0.3) is 0 Å². The number of aliphatic hydroxyl groups excluding tert-OH is 1. The van der Waals surface area contributed by atoms with Crippen LogP contribution in [0.3, 0.4) is 0 Å². The molecule has 3 N–H and O–H groups in total. The predicted octanol–water partition coefficient (Wildman–Crippen LogP) is 1.12. The molecule has 8 heteroatoms. The molecular formula is C12H21N3O3S2. The van der Waals surface area contributed by atoms with Gasteiger partial charge in [-0.2, -0.15) is 4.37 Å². The monoisotopic (exact) mass is 319 g/mol. The molecule has 20 heavy (non-hydrogen) atoms. The van der Waals surface area contributed by atoms with Gasteiger partial charge in [-0.15, -0.1) is 0 Å². The minimum Gasteiger partial charge on any atom is -0.396 e. The quantitative estimate of drug-likeness (QED) is 0.844. The first-order chi connectivity index (χ1) is 9.49. The molecule has 0 atom stereocenters. The normalized spacial score (nSPS) is 17.6. The second-order valence-corrected chi connectivity index (χ2v) is 7.93. The van der Waals surface area contributed by atoms with Gasteiger partial charge in [0, 0.05) is 19.7 Å². The van der Waals surface area contributed by atoms with Gasteiger partial charge in [0.1, 0.15) is 9.90 Å². The van der Waals surface area contributed by atoms with Crippen molar-refractivity contribution in [2.75, 3.05) is 36.1 Å². The molecule has 114 valence electrons. The van der Waals surface area contributed by atoms with Crippen molar-refractivity contribution in [1.29, 1.82) is 0 Å². The Morgan fingerprint density at radius 2 is 2.10 bits per heavy atom. The largest absolute Gasteiger partial charge is 0.396 e. The highest BCUT2D eigenvalue weighted by Crippen LogP contribution is 2.37. The van der Waals surface area contributed by atoms with Crippen LogP contribution in [-0.4, -0.2) is 43.3 Å². The molecule has 0 bridgehead atoms. The molecule has 1 aliphatic heterocycles. The fourth-order valence-electron chi connectivity index (χ4n) is 2.47. The topological polar surface area (TPSA) is 96.5 Å². The highest BCUT2D eigenvalue weighted by molar-refractivity contribution is 7.91. The second kappa shape index (κ2) is 6.28. The van der Waals surface area contributed by atoms with E-state index in [1.165, 1.54) is 0 Å². The summed E-state index contributed by atoms with van der Waals surface area (Å²) in [6.45, 7) is 3.50. The lowest BCUT2D eigenvalue weighted by Crippen LogP contribution is -2.35. The maximum Gasteiger partial charge on any atom is 0.185 e. The summed E-state index contributed by atoms with van der Waals surface area (Å²) < 4.78 is 28.7. The Bertz CT molecular complexity index is 548. The summed E-state index contributed by atoms with van der Waals surface area (Å²) >= 11 is 1.15. The van der Waals surface area contributed by atoms with Crippen LogP contribution in [0.4, 0.5) is 10.8 Å². The van der Waals surface area contributed by atoms with Crippen LogP contribution in [0.15, 0.2) is 4.90 Å². The molecule has 0 spiro atoms. The third kappa shape index (κ3) is 3.07. The van der Waals surface area contributed by atoms with Crippen LogP contribution in [0.2, 0.25) is 0 Å². The van der Waals surface area contributed by atoms with Crippen molar-refractivity contribution in [3.8, 4) is 0 Å². The van der Waals surface area contributed by atoms with E-state index in [4.69, 9.17) is 10.8 Å². The van der Waals surface area contributed by atoms with Gasteiger partial charge in [0.25, 0.3) is 0 Å². The van der Waals surface area contributed by atoms with Crippen molar-refractivity contribution in [3.05, 3.63) is 0 Å². The molecule has 1 aliphatic rings. The summed E-state index contributed by atoms with van der Waals surface area (Å²) in [5.41, 5.74) is 5.77. The van der Waals surface area contributed by atoms with Gasteiger partial charge in [-0.05, 0) is 36.7 Å². The number of piperidine rings is 1. The zero-order valence-corrected chi connectivity index (χ0v) is 13.2. The Kier molecular flexibility index (Phi) is 4.87. The van der Waals surface area contributed by atoms with E-state index in [1.807, 2.05) is 11.8 Å². The molecular weight excluding hydrogens is 298 g/mol. The van der Waals surface area contributed by atoms with E-state index in [-0.39, 0.29) is 23.1 Å². The zero-order valence-electron chi connectivity index (χ0n) is 11.6. The number of aliphatic hydroxyl groups is 1. The van der Waals surface area contributed by atoms with Crippen molar-refractivity contribution in [2.24, 2.45) is 5.92 Å². The van der Waals surface area contributed by atoms with Crippen LogP contribution >= 0.6 is 11.5 Å². The molecule has 2 rings (SSSR count). The highest BCUT2D eigenvalue weighted by Gasteiger charge is 2.29. The summed E-state index contributed by atoms with van der Waals surface area (Å²) in [5, 5.41) is 9.82. The fraction of sp³-hybridized carbons (Fsp3) is 0.750. The third-order valence-electron chi connectivity index (χ3n) is 3.60. The van der Waals surface area contributed by atoms with E-state index in [2.05, 4.69) is 4.37 Å². The van der Waals surface area contributed by atoms with E-state index >= 15 is 0 Å². The number of sulfone groups is 1. The van der Waals surface area contributed by atoms with Crippen LogP contribution < -0.4 is 10.6 Å². The average molecular weight is 319 g/mol. The lowest BCUT2D eigenvalue weighted by atomic mass is 9.98. The van der Waals surface area contributed by atoms with E-state index < -0.39 is 9.84 Å². The standard InChI is InChI=1S/C12H21N3O3S2/c1-2-7-20(17,18)10-11(13)14-19-12(10)15-5-3-9(8-16)4-6-15/h9,16H,2-8H2,1H3,(H2,13,14). The fourth-order valence-corrected chi connectivity index (χ4v) is 5.28. The zero-order chi connectivity index (χ0) is 14.8. The first kappa shape index (κ1) is 15.5. The molecule has 0 saturated carbocycles. The first-order valence-corrected chi connectivity index (χ1v) is 9.25. The van der Waals surface area contributed by atoms with Gasteiger partial charge < -0.3 is 15.7 Å². The summed E-state index contributed by atoms with van der Waals surface area (Å²) in [7, 11) is -3.36. The lowest BCUT2D eigenvalue weighted by Gasteiger charge is -2.32. The Morgan fingerprint density at radius 3 is 2.65 bits per heavy atom. The number of rotatable bonds is 5. The maximum absolute atomic E-state index is 12.3. The van der Waals surface area contributed by atoms with Gasteiger partial charge in [-0.1, -0.05) is 6.92 Å². The van der Waals surface area contributed by atoms with Gasteiger partial charge in [0.15, 0.2) is 15.7 Å². The smallest absolute Gasteiger partial charge is 0.185 e. The number of nitrogen functional groups attached to an aromatic ring is 1. The van der Waals surface area contributed by atoms with Crippen molar-refractivity contribution < 1.29 is 13.5 Å². The van der Waals surface area contributed by atoms with Crippen molar-refractivity contribution in [3.63, 3.8) is 0 Å². The number of nitrogens with zero attached hydrogens (tertiary/aromatic N) is 2. The SMILES string of the molecule is CCCS(=O)(=O)c1c(N)nsc1N1CCC(CO)CC1. The predicted molar refractivity (Wildman–Crippen MR) is 80.9 cm³/mol. The lowest BCUT2D eigenvalue weighted by molar-refractivity contribution is 0.203. The third-order valence-corrected chi connectivity index (χ3v) is 6.62. The van der Waals surface area contributed by atoms with Gasteiger partial charge in [0.05, 0.1) is 5.75 Å². The molecule has 0 amide bonds. The Hall–Kier alpha value is -0.860. The first-order valence-electron chi connectivity index (χ1n) is 6.83. The van der Waals surface area contributed by atoms with Crippen LogP contribution in [-0.2, 0) is 9.84 Å². The Morgan fingerprint density at radius 1 is 1.45 bits per heavy atom. The summed E-state index contributed by atoms with van der Waals surface area (Å²) in [5.74, 6) is 0.519. The molecule has 2 heterocycles. The average Bonchev–Trinajstić information content (AvgIpc) is 2.81. The molecule has 1 fully saturated rings. The van der Waals surface area contributed by atoms with E-state index in [0.29, 0.717) is 17.3 Å². The van der Waals surface area contributed by atoms with Crippen molar-refractivity contribution in [2.45, 2.75) is 31.1 Å². The molecule has 1 aromatic rings. The number of hydrogen-bond donors (Lipinski definition) is 2. The minimum absolute atomic E-state index is 0.0930. The van der Waals surface area contributed by atoms with E-state index in [9.17, 15) is 8.42 Å². The Labute approximate surface area is 123 Å². The summed E-state index contributed by atoms with van der Waals surface area (Å²) in [6.07, 6.45) is 2.28. The number of aromatic nitrogens is 1. The molecule has 0 unspecified atom stereocenters. The van der Waals surface area contributed by atoms with Crippen LogP contribution in [0, 0.1) is 5.92 Å². The molecule has 1 saturated heterocycles. The number of nitrogens with two attached hydrogens (primary N) is 1. The number of hydrogen-bond acceptors (Lipinski definition) is 7. The maximum atomic E-state index is 12.3. The Balaban J connectivity index is 2.26. The van der Waals surface area contributed by atoms with E-state index in [1.54, 1.807) is 0 Å². The molecule has 6 nitrogen and oxygen atoms in total. The second-order valence-electron chi connectivity index (χ2n) is 5.13. The molecule has 0 aliphatic carbocycles. The van der Waals surface area contributed by atoms with Gasteiger partial charge >= 0.3 is 0 Å². The summed E-state index contributed by atoms with van der Waals surface area (Å²) in [4.78, 5) is 2.23. The van der Waals surface area contributed by atoms with Gasteiger partial charge in [-0.25, -0.2) is 8.42 Å². The molecule has 0 radical (unpaired) electrons. The van der Waals surface area contributed by atoms with Crippen molar-refractivity contribution in [1.82, 2.24) is 4.37 Å². The minimum atomic E-state index is -3.36. The van der Waals surface area contributed by atoms with Gasteiger partial charge in [-0.3, -0.25) is 0 Å². The summed E-state index contributed by atoms with van der Waals surface area (Å²) in [6, 6.07) is 0. The van der Waals surface area contributed by atoms with Crippen molar-refractivity contribution >= 4 is 32.2 Å².